The number of alkyl halides is 3. The van der Waals surface area contributed by atoms with Crippen molar-refractivity contribution < 1.29 is 31.9 Å². The molecule has 1 N–H and O–H groups in total. The minimum atomic E-state index is -4.46. The first kappa shape index (κ1) is 27.3. The monoisotopic (exact) mass is 556 g/mol. The van der Waals surface area contributed by atoms with Crippen molar-refractivity contribution in [2.24, 2.45) is 0 Å². The number of carbonyl (C=O) groups is 2. The molecule has 0 bridgehead atoms. The van der Waals surface area contributed by atoms with Crippen molar-refractivity contribution in [1.29, 1.82) is 0 Å². The van der Waals surface area contributed by atoms with Gasteiger partial charge in [0.15, 0.2) is 17.3 Å². The van der Waals surface area contributed by atoms with Crippen LogP contribution in [0.1, 0.15) is 48.3 Å². The van der Waals surface area contributed by atoms with E-state index in [1.54, 1.807) is 50.4 Å². The fourth-order valence-corrected chi connectivity index (χ4v) is 4.54. The second kappa shape index (κ2) is 10.4. The van der Waals surface area contributed by atoms with Crippen molar-refractivity contribution in [3.05, 3.63) is 65.2 Å². The summed E-state index contributed by atoms with van der Waals surface area (Å²) in [5, 5.41) is 7.84. The number of anilines is 1. The highest BCUT2D eigenvalue weighted by Gasteiger charge is 2.44. The summed E-state index contributed by atoms with van der Waals surface area (Å²) in [6.07, 6.45) is -3.03. The largest absolute Gasteiger partial charge is 0.411 e. The van der Waals surface area contributed by atoms with Gasteiger partial charge >= 0.3 is 6.18 Å². The zero-order valence-corrected chi connectivity index (χ0v) is 21.5. The fourth-order valence-electron chi connectivity index (χ4n) is 4.54. The lowest BCUT2D eigenvalue weighted by Crippen LogP contribution is -2.28. The van der Waals surface area contributed by atoms with Gasteiger partial charge in [0, 0.05) is 30.4 Å². The van der Waals surface area contributed by atoms with E-state index in [4.69, 9.17) is 0 Å². The van der Waals surface area contributed by atoms with Crippen molar-refractivity contribution >= 4 is 28.5 Å². The molecule has 13 heteroatoms. The fraction of sp³-hybridized carbons (Fsp3) is 0.333. The molecule has 0 spiro atoms. The zero-order chi connectivity index (χ0) is 28.7. The van der Waals surface area contributed by atoms with Gasteiger partial charge < -0.3 is 10.1 Å². The molecule has 1 amide bonds. The number of fused-ring (bicyclic) bond motifs is 2. The van der Waals surface area contributed by atoms with E-state index in [9.17, 15) is 27.2 Å². The number of ether oxygens (including phenoxy) is 1. The van der Waals surface area contributed by atoms with E-state index in [0.717, 1.165) is 0 Å². The normalized spacial score (nSPS) is 14.4. The summed E-state index contributed by atoms with van der Waals surface area (Å²) in [5.41, 5.74) is 0.235. The van der Waals surface area contributed by atoms with E-state index in [-0.39, 0.29) is 54.9 Å². The number of aromatic nitrogens is 5. The molecule has 1 aliphatic rings. The lowest BCUT2D eigenvalue weighted by Gasteiger charge is -2.17. The molecule has 0 atom stereocenters. The predicted molar refractivity (Wildman–Crippen MR) is 136 cm³/mol. The van der Waals surface area contributed by atoms with Crippen LogP contribution in [0, 0.1) is 5.82 Å². The van der Waals surface area contributed by atoms with Crippen LogP contribution in [0.3, 0.4) is 0 Å². The molecule has 4 heterocycles. The van der Waals surface area contributed by atoms with Gasteiger partial charge in [-0.1, -0.05) is 18.2 Å². The maximum Gasteiger partial charge on any atom is 0.411 e. The Morgan fingerprint density at radius 2 is 1.90 bits per heavy atom. The number of ketones is 1. The van der Waals surface area contributed by atoms with Gasteiger partial charge in [-0.25, -0.2) is 24.0 Å². The quantitative estimate of drug-likeness (QED) is 0.178. The molecule has 0 saturated heterocycles. The van der Waals surface area contributed by atoms with E-state index in [1.807, 2.05) is 0 Å². The Labute approximate surface area is 225 Å². The molecule has 1 aliphatic heterocycles. The summed E-state index contributed by atoms with van der Waals surface area (Å²) < 4.78 is 57.6. The minimum Gasteiger partial charge on any atom is -0.372 e. The third kappa shape index (κ3) is 5.28. The lowest BCUT2D eigenvalue weighted by molar-refractivity contribution is -0.173. The first-order valence-corrected chi connectivity index (χ1v) is 12.4. The summed E-state index contributed by atoms with van der Waals surface area (Å²) in [6.45, 7) is 1.64. The van der Waals surface area contributed by atoms with E-state index in [1.165, 1.54) is 10.7 Å². The van der Waals surface area contributed by atoms with Gasteiger partial charge in [-0.3, -0.25) is 9.59 Å². The standard InChI is InChI=1S/C27H24F4N6O3/c1-26(2)19-21(18(38)10-6-12-40-14-27(29,30)31)33-23(34-22(19)35-25(26)39)20-16-8-5-11-32-24(16)37(36-20)13-15-7-3-4-9-17(15)28/h3-5,7-9,11H,6,10,12-14H2,1-2H3,(H,33,34,35,39). The molecule has 40 heavy (non-hydrogen) atoms. The number of benzene rings is 1. The number of carbonyl (C=O) groups excluding carboxylic acids is 2. The number of halogens is 4. The SMILES string of the molecule is CC1(C)C(=O)Nc2nc(-c3nn(Cc4ccccc4F)c4ncccc34)nc(C(=O)CCCOCC(F)(F)F)c21. The summed E-state index contributed by atoms with van der Waals surface area (Å²) in [7, 11) is 0. The number of Topliss-reactive ketones (excluding diaryl/α,β-unsaturated/α-hetero) is 1. The number of hydrogen-bond donors (Lipinski definition) is 1. The number of pyridine rings is 1. The van der Waals surface area contributed by atoms with Gasteiger partial charge in [0.05, 0.1) is 17.3 Å². The van der Waals surface area contributed by atoms with Gasteiger partial charge in [-0.15, -0.1) is 0 Å². The van der Waals surface area contributed by atoms with Crippen LogP contribution in [0.2, 0.25) is 0 Å². The van der Waals surface area contributed by atoms with Gasteiger partial charge in [-0.05, 0) is 38.5 Å². The zero-order valence-electron chi connectivity index (χ0n) is 21.5. The van der Waals surface area contributed by atoms with Gasteiger partial charge in [0.2, 0.25) is 5.91 Å². The molecule has 0 unspecified atom stereocenters. The molecule has 3 aromatic heterocycles. The molecule has 1 aromatic carbocycles. The van der Waals surface area contributed by atoms with Crippen LogP contribution in [0.4, 0.5) is 23.4 Å². The first-order valence-electron chi connectivity index (χ1n) is 12.4. The average molecular weight is 557 g/mol. The average Bonchev–Trinajstić information content (AvgIpc) is 3.37. The molecule has 208 valence electrons. The summed E-state index contributed by atoms with van der Waals surface area (Å²) in [6, 6.07) is 9.68. The second-order valence-electron chi connectivity index (χ2n) is 9.87. The Morgan fingerprint density at radius 3 is 2.65 bits per heavy atom. The number of nitrogens with one attached hydrogen (secondary N) is 1. The van der Waals surface area contributed by atoms with E-state index >= 15 is 0 Å². The third-order valence-corrected chi connectivity index (χ3v) is 6.55. The maximum absolute atomic E-state index is 14.4. The lowest BCUT2D eigenvalue weighted by atomic mass is 9.84. The topological polar surface area (TPSA) is 112 Å². The van der Waals surface area contributed by atoms with Gasteiger partial charge in [0.1, 0.15) is 29.6 Å². The highest BCUT2D eigenvalue weighted by atomic mass is 19.4. The molecule has 5 rings (SSSR count). The van der Waals surface area contributed by atoms with Crippen LogP contribution < -0.4 is 5.32 Å². The van der Waals surface area contributed by atoms with Crippen LogP contribution in [0.5, 0.6) is 0 Å². The highest BCUT2D eigenvalue weighted by Crippen LogP contribution is 2.40. The maximum atomic E-state index is 14.4. The Bertz CT molecular complexity index is 1620. The predicted octanol–water partition coefficient (Wildman–Crippen LogP) is 4.85. The van der Waals surface area contributed by atoms with Crippen molar-refractivity contribution in [3.8, 4) is 11.5 Å². The van der Waals surface area contributed by atoms with Crippen molar-refractivity contribution in [1.82, 2.24) is 24.7 Å². The number of rotatable bonds is 9. The number of hydrogen-bond acceptors (Lipinski definition) is 7. The number of amides is 1. The molecule has 0 fully saturated rings. The van der Waals surface area contributed by atoms with E-state index in [2.05, 4.69) is 30.1 Å². The van der Waals surface area contributed by atoms with Crippen LogP contribution >= 0.6 is 0 Å². The summed E-state index contributed by atoms with van der Waals surface area (Å²) in [5.74, 6) is -1.08. The molecular weight excluding hydrogens is 532 g/mol. The molecule has 9 nitrogen and oxygen atoms in total. The van der Waals surface area contributed by atoms with Crippen LogP contribution in [0.25, 0.3) is 22.6 Å². The Hall–Kier alpha value is -4.26. The Morgan fingerprint density at radius 1 is 1.12 bits per heavy atom. The van der Waals surface area contributed by atoms with Crippen LogP contribution in [0.15, 0.2) is 42.6 Å². The molecule has 0 saturated carbocycles. The molecule has 4 aromatic rings. The van der Waals surface area contributed by atoms with Gasteiger partial charge in [-0.2, -0.15) is 18.3 Å². The third-order valence-electron chi connectivity index (χ3n) is 6.55. The van der Waals surface area contributed by atoms with E-state index in [0.29, 0.717) is 22.2 Å². The van der Waals surface area contributed by atoms with Crippen molar-refractivity contribution in [2.75, 3.05) is 18.5 Å². The van der Waals surface area contributed by atoms with Crippen molar-refractivity contribution in [2.45, 2.75) is 44.8 Å². The van der Waals surface area contributed by atoms with Crippen LogP contribution in [-0.4, -0.2) is 55.8 Å². The first-order chi connectivity index (χ1) is 19.0. The summed E-state index contributed by atoms with van der Waals surface area (Å²) in [4.78, 5) is 39.5. The molecule has 0 aliphatic carbocycles. The second-order valence-corrected chi connectivity index (χ2v) is 9.87. The highest BCUT2D eigenvalue weighted by molar-refractivity contribution is 6.09. The Kier molecular flexibility index (Phi) is 7.08. The summed E-state index contributed by atoms with van der Waals surface area (Å²) >= 11 is 0. The van der Waals surface area contributed by atoms with Crippen LogP contribution in [-0.2, 0) is 21.5 Å². The molecule has 0 radical (unpaired) electrons. The smallest absolute Gasteiger partial charge is 0.372 e. The van der Waals surface area contributed by atoms with Gasteiger partial charge in [0.25, 0.3) is 0 Å². The molecular formula is C27H24F4N6O3. The minimum absolute atomic E-state index is 0.0228. The number of nitrogens with zero attached hydrogens (tertiary/aromatic N) is 5. The Balaban J connectivity index is 1.53. The van der Waals surface area contributed by atoms with Crippen molar-refractivity contribution in [3.63, 3.8) is 0 Å². The van der Waals surface area contributed by atoms with E-state index < -0.39 is 29.8 Å².